The fraction of sp³-hybridized carbons (Fsp3) is 0.368. The molecule has 2 aromatic rings. The summed E-state index contributed by atoms with van der Waals surface area (Å²) in [4.78, 5) is 0. The van der Waals surface area contributed by atoms with Gasteiger partial charge in [-0.25, -0.2) is 4.39 Å². The lowest BCUT2D eigenvalue weighted by atomic mass is 9.95. The van der Waals surface area contributed by atoms with E-state index >= 15 is 0 Å². The van der Waals surface area contributed by atoms with Crippen molar-refractivity contribution in [1.82, 2.24) is 5.32 Å². The van der Waals surface area contributed by atoms with Gasteiger partial charge in [0.15, 0.2) is 0 Å². The van der Waals surface area contributed by atoms with Crippen LogP contribution in [0.15, 0.2) is 48.5 Å². The normalized spacial score (nSPS) is 12.3. The molecule has 0 aromatic heterocycles. The van der Waals surface area contributed by atoms with Gasteiger partial charge in [-0.15, -0.1) is 0 Å². The summed E-state index contributed by atoms with van der Waals surface area (Å²) in [7, 11) is 0. The molecule has 0 fully saturated rings. The van der Waals surface area contributed by atoms with Gasteiger partial charge in [0, 0.05) is 6.04 Å². The van der Waals surface area contributed by atoms with Gasteiger partial charge in [-0.05, 0) is 61.6 Å². The molecule has 0 aliphatic rings. The SMILES string of the molecule is CCCNC(CCc1ccccc1)c1ccc(F)cc1C. The maximum Gasteiger partial charge on any atom is 0.123 e. The largest absolute Gasteiger partial charge is 0.310 e. The van der Waals surface area contributed by atoms with Crippen molar-refractivity contribution in [2.75, 3.05) is 6.54 Å². The lowest BCUT2D eigenvalue weighted by Crippen LogP contribution is -2.23. The Hall–Kier alpha value is -1.67. The predicted octanol–water partition coefficient (Wildman–Crippen LogP) is 4.81. The number of hydrogen-bond acceptors (Lipinski definition) is 1. The maximum atomic E-state index is 13.3. The first-order valence-corrected chi connectivity index (χ1v) is 7.74. The van der Waals surface area contributed by atoms with Crippen molar-refractivity contribution in [3.63, 3.8) is 0 Å². The maximum absolute atomic E-state index is 13.3. The van der Waals surface area contributed by atoms with E-state index in [-0.39, 0.29) is 11.9 Å². The van der Waals surface area contributed by atoms with E-state index in [4.69, 9.17) is 0 Å². The molecule has 1 nitrogen and oxygen atoms in total. The summed E-state index contributed by atoms with van der Waals surface area (Å²) in [6, 6.07) is 15.9. The van der Waals surface area contributed by atoms with Crippen molar-refractivity contribution < 1.29 is 4.39 Å². The van der Waals surface area contributed by atoms with Crippen molar-refractivity contribution in [1.29, 1.82) is 0 Å². The second-order valence-electron chi connectivity index (χ2n) is 5.53. The summed E-state index contributed by atoms with van der Waals surface area (Å²) < 4.78 is 13.3. The van der Waals surface area contributed by atoms with Crippen molar-refractivity contribution in [2.45, 2.75) is 39.2 Å². The minimum atomic E-state index is -0.159. The second kappa shape index (κ2) is 7.94. The Labute approximate surface area is 127 Å². The van der Waals surface area contributed by atoms with Crippen LogP contribution in [0.4, 0.5) is 4.39 Å². The Morgan fingerprint density at radius 1 is 1.10 bits per heavy atom. The van der Waals surface area contributed by atoms with E-state index in [9.17, 15) is 4.39 Å². The molecule has 2 heteroatoms. The van der Waals surface area contributed by atoms with E-state index in [1.807, 2.05) is 19.1 Å². The van der Waals surface area contributed by atoms with Crippen LogP contribution in [0.3, 0.4) is 0 Å². The van der Waals surface area contributed by atoms with E-state index in [0.717, 1.165) is 31.4 Å². The smallest absolute Gasteiger partial charge is 0.123 e. The van der Waals surface area contributed by atoms with Crippen molar-refractivity contribution >= 4 is 0 Å². The van der Waals surface area contributed by atoms with Gasteiger partial charge in [0.25, 0.3) is 0 Å². The van der Waals surface area contributed by atoms with Gasteiger partial charge >= 0.3 is 0 Å². The molecule has 21 heavy (non-hydrogen) atoms. The third kappa shape index (κ3) is 4.68. The Bertz CT molecular complexity index is 551. The van der Waals surface area contributed by atoms with Crippen LogP contribution >= 0.6 is 0 Å². The zero-order valence-corrected chi connectivity index (χ0v) is 12.9. The van der Waals surface area contributed by atoms with Crippen molar-refractivity contribution in [2.24, 2.45) is 0 Å². The summed E-state index contributed by atoms with van der Waals surface area (Å²) in [6.45, 7) is 5.14. The number of hydrogen-bond donors (Lipinski definition) is 1. The molecule has 0 bridgehead atoms. The van der Waals surface area contributed by atoms with E-state index in [0.29, 0.717) is 0 Å². The van der Waals surface area contributed by atoms with E-state index in [2.05, 4.69) is 36.5 Å². The van der Waals surface area contributed by atoms with E-state index in [1.54, 1.807) is 12.1 Å². The first-order chi connectivity index (χ1) is 10.2. The van der Waals surface area contributed by atoms with Crippen LogP contribution in [0.5, 0.6) is 0 Å². The molecule has 0 heterocycles. The third-order valence-corrected chi connectivity index (χ3v) is 3.81. The highest BCUT2D eigenvalue weighted by molar-refractivity contribution is 5.30. The second-order valence-corrected chi connectivity index (χ2v) is 5.53. The molecule has 112 valence electrons. The first-order valence-electron chi connectivity index (χ1n) is 7.74. The minimum Gasteiger partial charge on any atom is -0.310 e. The van der Waals surface area contributed by atoms with E-state index in [1.165, 1.54) is 11.1 Å². The number of halogens is 1. The molecule has 0 radical (unpaired) electrons. The highest BCUT2D eigenvalue weighted by Gasteiger charge is 2.13. The number of benzene rings is 2. The molecule has 0 saturated carbocycles. The molecule has 1 unspecified atom stereocenters. The van der Waals surface area contributed by atoms with Gasteiger partial charge in [0.2, 0.25) is 0 Å². The highest BCUT2D eigenvalue weighted by atomic mass is 19.1. The van der Waals surface area contributed by atoms with Gasteiger partial charge in [-0.2, -0.15) is 0 Å². The molecular formula is C19H24FN. The first kappa shape index (κ1) is 15.7. The molecule has 0 saturated heterocycles. The lowest BCUT2D eigenvalue weighted by molar-refractivity contribution is 0.496. The molecule has 0 aliphatic carbocycles. The molecule has 2 rings (SSSR count). The molecular weight excluding hydrogens is 261 g/mol. The highest BCUT2D eigenvalue weighted by Crippen LogP contribution is 2.23. The topological polar surface area (TPSA) is 12.0 Å². The number of aryl methyl sites for hydroxylation is 2. The van der Waals surface area contributed by atoms with Crippen molar-refractivity contribution in [3.8, 4) is 0 Å². The molecule has 0 amide bonds. The van der Waals surface area contributed by atoms with E-state index < -0.39 is 0 Å². The molecule has 0 spiro atoms. The van der Waals surface area contributed by atoms with Gasteiger partial charge in [-0.3, -0.25) is 0 Å². The lowest BCUT2D eigenvalue weighted by Gasteiger charge is -2.21. The quantitative estimate of drug-likeness (QED) is 0.770. The summed E-state index contributed by atoms with van der Waals surface area (Å²) in [5.74, 6) is -0.159. The Balaban J connectivity index is 2.10. The van der Waals surface area contributed by atoms with Crippen molar-refractivity contribution in [3.05, 3.63) is 71.0 Å². The fourth-order valence-corrected chi connectivity index (χ4v) is 2.67. The Kier molecular flexibility index (Phi) is 5.94. The molecule has 2 aromatic carbocycles. The third-order valence-electron chi connectivity index (χ3n) is 3.81. The monoisotopic (exact) mass is 285 g/mol. The predicted molar refractivity (Wildman–Crippen MR) is 86.9 cm³/mol. The van der Waals surface area contributed by atoms with Gasteiger partial charge in [0.05, 0.1) is 0 Å². The van der Waals surface area contributed by atoms with Crippen LogP contribution in [0.1, 0.15) is 42.5 Å². The summed E-state index contributed by atoms with van der Waals surface area (Å²) in [5.41, 5.74) is 3.58. The van der Waals surface area contributed by atoms with Crippen LogP contribution in [0, 0.1) is 12.7 Å². The van der Waals surface area contributed by atoms with Crippen LogP contribution in [0.25, 0.3) is 0 Å². The summed E-state index contributed by atoms with van der Waals surface area (Å²) >= 11 is 0. The molecule has 0 aliphatic heterocycles. The standard InChI is InChI=1S/C19H24FN/c1-3-13-21-19(12-9-16-7-5-4-6-8-16)18-11-10-17(20)14-15(18)2/h4-8,10-11,14,19,21H,3,9,12-13H2,1-2H3. The van der Waals surface area contributed by atoms with Crippen LogP contribution in [-0.2, 0) is 6.42 Å². The molecule has 1 N–H and O–H groups in total. The van der Waals surface area contributed by atoms with Crippen LogP contribution < -0.4 is 5.32 Å². The number of rotatable bonds is 7. The molecule has 1 atom stereocenters. The minimum absolute atomic E-state index is 0.159. The summed E-state index contributed by atoms with van der Waals surface area (Å²) in [5, 5.41) is 3.59. The fourth-order valence-electron chi connectivity index (χ4n) is 2.67. The Morgan fingerprint density at radius 2 is 1.86 bits per heavy atom. The van der Waals surface area contributed by atoms with Gasteiger partial charge in [-0.1, -0.05) is 43.3 Å². The van der Waals surface area contributed by atoms with Gasteiger partial charge in [0.1, 0.15) is 5.82 Å². The number of nitrogens with one attached hydrogen (secondary N) is 1. The average molecular weight is 285 g/mol. The van der Waals surface area contributed by atoms with Crippen LogP contribution in [0.2, 0.25) is 0 Å². The van der Waals surface area contributed by atoms with Crippen LogP contribution in [-0.4, -0.2) is 6.54 Å². The van der Waals surface area contributed by atoms with Gasteiger partial charge < -0.3 is 5.32 Å². The Morgan fingerprint density at radius 3 is 2.52 bits per heavy atom. The average Bonchev–Trinajstić information content (AvgIpc) is 2.49. The zero-order chi connectivity index (χ0) is 15.1. The zero-order valence-electron chi connectivity index (χ0n) is 12.9. The summed E-state index contributed by atoms with van der Waals surface area (Å²) in [6.07, 6.45) is 3.15.